The summed E-state index contributed by atoms with van der Waals surface area (Å²) >= 11 is 5.85. The smallest absolute Gasteiger partial charge is 0.187 e. The van der Waals surface area contributed by atoms with E-state index in [0.29, 0.717) is 22.6 Å². The molecule has 1 fully saturated rings. The second kappa shape index (κ2) is 6.44. The van der Waals surface area contributed by atoms with Gasteiger partial charge < -0.3 is 4.90 Å². The Labute approximate surface area is 156 Å². The Balaban J connectivity index is 1.66. The number of ketones is 2. The summed E-state index contributed by atoms with van der Waals surface area (Å²) in [6.07, 6.45) is 3.71. The van der Waals surface area contributed by atoms with Crippen LogP contribution in [-0.2, 0) is 0 Å². The molecule has 2 aromatic rings. The van der Waals surface area contributed by atoms with Crippen molar-refractivity contribution < 1.29 is 9.59 Å². The highest BCUT2D eigenvalue weighted by Gasteiger charge is 2.49. The van der Waals surface area contributed by atoms with Crippen molar-refractivity contribution >= 4 is 23.2 Å². The van der Waals surface area contributed by atoms with Gasteiger partial charge in [-0.2, -0.15) is 5.26 Å². The monoisotopic (exact) mass is 362 g/mol. The van der Waals surface area contributed by atoms with Gasteiger partial charge in [0.15, 0.2) is 11.6 Å². The quantitative estimate of drug-likeness (QED) is 0.606. The van der Waals surface area contributed by atoms with Crippen molar-refractivity contribution in [3.05, 3.63) is 82.5 Å². The SMILES string of the molecule is N#CC1CC2c3ccccc3C(=O)C1N2C=CC(=O)c1ccc(Cl)cc1. The van der Waals surface area contributed by atoms with Crippen LogP contribution in [0.2, 0.25) is 5.02 Å². The molecule has 5 heteroatoms. The van der Waals surface area contributed by atoms with Crippen molar-refractivity contribution in [1.82, 2.24) is 4.90 Å². The number of nitrogens with zero attached hydrogens (tertiary/aromatic N) is 2. The molecule has 0 radical (unpaired) electrons. The highest BCUT2D eigenvalue weighted by molar-refractivity contribution is 6.30. The van der Waals surface area contributed by atoms with Crippen LogP contribution in [0.15, 0.2) is 60.8 Å². The summed E-state index contributed by atoms with van der Waals surface area (Å²) in [4.78, 5) is 27.2. The van der Waals surface area contributed by atoms with Crippen LogP contribution >= 0.6 is 11.6 Å². The minimum Gasteiger partial charge on any atom is -0.359 e. The lowest BCUT2D eigenvalue weighted by Crippen LogP contribution is -2.41. The predicted octanol–water partition coefficient (Wildman–Crippen LogP) is 4.19. The lowest BCUT2D eigenvalue weighted by Gasteiger charge is -2.34. The van der Waals surface area contributed by atoms with E-state index in [-0.39, 0.29) is 23.5 Å². The van der Waals surface area contributed by atoms with Crippen LogP contribution in [0.3, 0.4) is 0 Å². The molecule has 2 aromatic carbocycles. The molecular weight excluding hydrogens is 348 g/mol. The standard InChI is InChI=1S/C21H15ClN2O2/c22-15-7-5-13(6-8-15)19(25)9-10-24-18-11-14(12-23)20(24)21(26)17-4-2-1-3-16(17)18/h1-10,14,18,20H,11H2. The Kier molecular flexibility index (Phi) is 4.10. The van der Waals surface area contributed by atoms with Gasteiger partial charge in [0.2, 0.25) is 0 Å². The van der Waals surface area contributed by atoms with Gasteiger partial charge in [0, 0.05) is 28.4 Å². The van der Waals surface area contributed by atoms with Gasteiger partial charge in [-0.05, 0) is 36.2 Å². The fourth-order valence-corrected chi connectivity index (χ4v) is 3.98. The van der Waals surface area contributed by atoms with Gasteiger partial charge in [0.25, 0.3) is 0 Å². The van der Waals surface area contributed by atoms with Crippen LogP contribution in [0.25, 0.3) is 0 Å². The molecule has 26 heavy (non-hydrogen) atoms. The topological polar surface area (TPSA) is 61.2 Å². The number of hydrogen-bond acceptors (Lipinski definition) is 4. The number of halogens is 1. The van der Waals surface area contributed by atoms with Gasteiger partial charge in [-0.25, -0.2) is 0 Å². The number of allylic oxidation sites excluding steroid dienone is 1. The first kappa shape index (κ1) is 16.6. The Morgan fingerprint density at radius 1 is 1.19 bits per heavy atom. The van der Waals surface area contributed by atoms with Gasteiger partial charge in [-0.1, -0.05) is 35.9 Å². The second-order valence-electron chi connectivity index (χ2n) is 6.52. The van der Waals surface area contributed by atoms with Crippen molar-refractivity contribution in [3.8, 4) is 6.07 Å². The number of carbonyl (C=O) groups is 2. The highest BCUT2D eigenvalue weighted by atomic mass is 35.5. The zero-order chi connectivity index (χ0) is 18.3. The molecule has 0 aromatic heterocycles. The fraction of sp³-hybridized carbons (Fsp3) is 0.190. The van der Waals surface area contributed by atoms with Crippen molar-refractivity contribution in [2.75, 3.05) is 0 Å². The number of carbonyl (C=O) groups excluding carboxylic acids is 2. The van der Waals surface area contributed by atoms with Crippen LogP contribution in [-0.4, -0.2) is 22.5 Å². The Morgan fingerprint density at radius 2 is 1.92 bits per heavy atom. The van der Waals surface area contributed by atoms with Gasteiger partial charge in [0.05, 0.1) is 18.0 Å². The lowest BCUT2D eigenvalue weighted by atomic mass is 9.91. The van der Waals surface area contributed by atoms with E-state index in [0.717, 1.165) is 5.56 Å². The number of hydrogen-bond donors (Lipinski definition) is 0. The molecule has 2 aliphatic heterocycles. The van der Waals surface area contributed by atoms with Gasteiger partial charge in [0.1, 0.15) is 6.04 Å². The molecule has 0 spiro atoms. The maximum atomic E-state index is 12.9. The first-order chi connectivity index (χ1) is 12.6. The normalized spacial score (nSPS) is 23.8. The zero-order valence-electron chi connectivity index (χ0n) is 13.8. The van der Waals surface area contributed by atoms with Crippen molar-refractivity contribution in [2.24, 2.45) is 5.92 Å². The van der Waals surface area contributed by atoms with E-state index in [1.807, 2.05) is 29.2 Å². The molecule has 2 aliphatic rings. The first-order valence-electron chi connectivity index (χ1n) is 8.38. The molecule has 4 rings (SSSR count). The third-order valence-electron chi connectivity index (χ3n) is 5.09. The van der Waals surface area contributed by atoms with Gasteiger partial charge >= 0.3 is 0 Å². The summed E-state index contributed by atoms with van der Waals surface area (Å²) in [6, 6.07) is 15.8. The van der Waals surface area contributed by atoms with Gasteiger partial charge in [-0.3, -0.25) is 9.59 Å². The van der Waals surface area contributed by atoms with Crippen LogP contribution in [0, 0.1) is 17.2 Å². The van der Waals surface area contributed by atoms with Gasteiger partial charge in [-0.15, -0.1) is 0 Å². The summed E-state index contributed by atoms with van der Waals surface area (Å²) < 4.78 is 0. The summed E-state index contributed by atoms with van der Waals surface area (Å²) in [5, 5.41) is 10.0. The number of benzene rings is 2. The molecule has 128 valence electrons. The molecule has 0 saturated carbocycles. The Morgan fingerprint density at radius 3 is 2.65 bits per heavy atom. The summed E-state index contributed by atoms with van der Waals surface area (Å²) in [5.41, 5.74) is 2.14. The maximum absolute atomic E-state index is 12.9. The number of Topliss-reactive ketones (excluding diaryl/α,β-unsaturated/α-hetero) is 1. The second-order valence-corrected chi connectivity index (χ2v) is 6.95. The highest BCUT2D eigenvalue weighted by Crippen LogP contribution is 2.46. The number of rotatable bonds is 3. The fourth-order valence-electron chi connectivity index (χ4n) is 3.85. The lowest BCUT2D eigenvalue weighted by molar-refractivity contribution is 0.0842. The van der Waals surface area contributed by atoms with Crippen LogP contribution in [0.5, 0.6) is 0 Å². The summed E-state index contributed by atoms with van der Waals surface area (Å²) in [5.74, 6) is -0.597. The molecule has 2 heterocycles. The maximum Gasteiger partial charge on any atom is 0.187 e. The predicted molar refractivity (Wildman–Crippen MR) is 97.8 cm³/mol. The third-order valence-corrected chi connectivity index (χ3v) is 5.34. The van der Waals surface area contributed by atoms with Crippen molar-refractivity contribution in [1.29, 1.82) is 5.26 Å². The van der Waals surface area contributed by atoms with E-state index < -0.39 is 6.04 Å². The molecule has 2 bridgehead atoms. The first-order valence-corrected chi connectivity index (χ1v) is 8.76. The van der Waals surface area contributed by atoms with Crippen LogP contribution in [0.1, 0.15) is 38.7 Å². The minimum atomic E-state index is -0.533. The summed E-state index contributed by atoms with van der Waals surface area (Å²) in [7, 11) is 0. The molecule has 0 N–H and O–H groups in total. The average Bonchev–Trinajstić information content (AvgIpc) is 2.98. The Bertz CT molecular complexity index is 959. The summed E-state index contributed by atoms with van der Waals surface area (Å²) in [6.45, 7) is 0. The number of fused-ring (bicyclic) bond motifs is 4. The largest absolute Gasteiger partial charge is 0.359 e. The van der Waals surface area contributed by atoms with Crippen molar-refractivity contribution in [2.45, 2.75) is 18.5 Å². The van der Waals surface area contributed by atoms with E-state index in [1.165, 1.54) is 6.08 Å². The van der Waals surface area contributed by atoms with E-state index in [9.17, 15) is 14.9 Å². The van der Waals surface area contributed by atoms with E-state index in [4.69, 9.17) is 11.6 Å². The van der Waals surface area contributed by atoms with Crippen LogP contribution < -0.4 is 0 Å². The average molecular weight is 363 g/mol. The zero-order valence-corrected chi connectivity index (χ0v) is 14.6. The van der Waals surface area contributed by atoms with E-state index in [1.54, 1.807) is 30.5 Å². The van der Waals surface area contributed by atoms with Crippen LogP contribution in [0.4, 0.5) is 0 Å². The third kappa shape index (κ3) is 2.61. The van der Waals surface area contributed by atoms with Crippen molar-refractivity contribution in [3.63, 3.8) is 0 Å². The molecule has 4 nitrogen and oxygen atoms in total. The molecular formula is C21H15ClN2O2. The molecule has 0 aliphatic carbocycles. The molecule has 3 unspecified atom stereocenters. The Hall–Kier alpha value is -2.90. The van der Waals surface area contributed by atoms with E-state index >= 15 is 0 Å². The molecule has 0 amide bonds. The van der Waals surface area contributed by atoms with E-state index in [2.05, 4.69) is 6.07 Å². The molecule has 3 atom stereocenters. The molecule has 1 saturated heterocycles. The minimum absolute atomic E-state index is 0.0514. The number of nitriles is 1.